The van der Waals surface area contributed by atoms with Crippen LogP contribution in [0.1, 0.15) is 16.1 Å². The molecule has 0 radical (unpaired) electrons. The molecule has 0 aliphatic rings. The lowest BCUT2D eigenvalue weighted by Crippen LogP contribution is -2.24. The molecule has 3 aromatic carbocycles. The predicted octanol–water partition coefficient (Wildman–Crippen LogP) is 5.24. The Labute approximate surface area is 183 Å². The van der Waals surface area contributed by atoms with Gasteiger partial charge in [0.05, 0.1) is 11.4 Å². The third-order valence-electron chi connectivity index (χ3n) is 4.47. The second-order valence-electron chi connectivity index (χ2n) is 6.81. The van der Waals surface area contributed by atoms with E-state index in [1.807, 2.05) is 37.3 Å². The number of benzene rings is 3. The second kappa shape index (κ2) is 8.85. The normalized spacial score (nSPS) is 10.5. The predicted molar refractivity (Wildman–Crippen MR) is 120 cm³/mol. The number of anilines is 1. The van der Waals surface area contributed by atoms with Gasteiger partial charge in [-0.1, -0.05) is 47.5 Å². The number of halogens is 1. The first kappa shape index (κ1) is 20.4. The summed E-state index contributed by atoms with van der Waals surface area (Å²) in [7, 11) is 0. The molecule has 7 heteroatoms. The Morgan fingerprint density at radius 3 is 2.45 bits per heavy atom. The lowest BCUT2D eigenvalue weighted by molar-refractivity contribution is 0.102. The largest absolute Gasteiger partial charge is 0.455 e. The molecule has 0 unspecified atom stereocenters. The highest BCUT2D eigenvalue weighted by atomic mass is 35.5. The van der Waals surface area contributed by atoms with Crippen molar-refractivity contribution in [3.05, 3.63) is 112 Å². The Balaban J connectivity index is 1.62. The van der Waals surface area contributed by atoms with Crippen molar-refractivity contribution in [3.63, 3.8) is 0 Å². The van der Waals surface area contributed by atoms with Gasteiger partial charge in [-0.25, -0.2) is 0 Å². The molecule has 0 saturated carbocycles. The number of hydrogen-bond acceptors (Lipinski definition) is 4. The molecule has 4 aromatic rings. The molecule has 154 valence electrons. The molecule has 0 atom stereocenters. The number of carbonyl (C=O) groups excluding carboxylic acids is 1. The van der Waals surface area contributed by atoms with Gasteiger partial charge in [0.25, 0.3) is 11.5 Å². The van der Waals surface area contributed by atoms with Gasteiger partial charge < -0.3 is 10.1 Å². The Bertz CT molecular complexity index is 1290. The lowest BCUT2D eigenvalue weighted by atomic mass is 10.2. The standard InChI is InChI=1S/C24H18ClN3O3/c1-16-7-10-19(11-8-16)31-22-13-9-17(25)15-21(22)26-24(30)20-12-14-23(29)28(27-20)18-5-3-2-4-6-18/h2-15H,1H3,(H,26,30). The van der Waals surface area contributed by atoms with Crippen LogP contribution in [0.15, 0.2) is 89.7 Å². The van der Waals surface area contributed by atoms with Gasteiger partial charge in [0.15, 0.2) is 5.75 Å². The van der Waals surface area contributed by atoms with Gasteiger partial charge in [-0.05, 0) is 55.5 Å². The van der Waals surface area contributed by atoms with Crippen LogP contribution >= 0.6 is 11.6 Å². The van der Waals surface area contributed by atoms with E-state index in [0.29, 0.717) is 27.9 Å². The molecular formula is C24H18ClN3O3. The molecular weight excluding hydrogens is 414 g/mol. The van der Waals surface area contributed by atoms with Gasteiger partial charge in [0, 0.05) is 11.1 Å². The number of carbonyl (C=O) groups is 1. The number of ether oxygens (including phenoxy) is 1. The van der Waals surface area contributed by atoms with Crippen molar-refractivity contribution in [3.8, 4) is 17.2 Å². The van der Waals surface area contributed by atoms with E-state index in [1.165, 1.54) is 16.8 Å². The molecule has 0 saturated heterocycles. The zero-order chi connectivity index (χ0) is 21.8. The molecule has 0 spiro atoms. The summed E-state index contributed by atoms with van der Waals surface area (Å²) in [6.07, 6.45) is 0. The van der Waals surface area contributed by atoms with Crippen molar-refractivity contribution in [2.45, 2.75) is 6.92 Å². The summed E-state index contributed by atoms with van der Waals surface area (Å²) >= 11 is 6.13. The summed E-state index contributed by atoms with van der Waals surface area (Å²) in [5.41, 5.74) is 1.79. The molecule has 1 aromatic heterocycles. The van der Waals surface area contributed by atoms with Crippen molar-refractivity contribution in [1.29, 1.82) is 0 Å². The van der Waals surface area contributed by atoms with Crippen LogP contribution < -0.4 is 15.6 Å². The molecule has 0 bridgehead atoms. The highest BCUT2D eigenvalue weighted by molar-refractivity contribution is 6.31. The number of nitrogens with one attached hydrogen (secondary N) is 1. The number of aryl methyl sites for hydroxylation is 1. The van der Waals surface area contributed by atoms with Gasteiger partial charge >= 0.3 is 0 Å². The maximum absolute atomic E-state index is 12.9. The average molecular weight is 432 g/mol. The van der Waals surface area contributed by atoms with Crippen LogP contribution in [-0.2, 0) is 0 Å². The van der Waals surface area contributed by atoms with Crippen molar-refractivity contribution in [1.82, 2.24) is 9.78 Å². The number of para-hydroxylation sites is 1. The maximum atomic E-state index is 12.9. The average Bonchev–Trinajstić information content (AvgIpc) is 2.78. The SMILES string of the molecule is Cc1ccc(Oc2ccc(Cl)cc2NC(=O)c2ccc(=O)n(-c3ccccc3)n2)cc1. The van der Waals surface area contributed by atoms with E-state index in [0.717, 1.165) is 5.56 Å². The van der Waals surface area contributed by atoms with Crippen LogP contribution in [0.25, 0.3) is 5.69 Å². The first-order valence-corrected chi connectivity index (χ1v) is 9.89. The van der Waals surface area contributed by atoms with Crippen LogP contribution in [0.5, 0.6) is 11.5 Å². The van der Waals surface area contributed by atoms with Crippen molar-refractivity contribution in [2.24, 2.45) is 0 Å². The molecule has 1 heterocycles. The van der Waals surface area contributed by atoms with Crippen molar-refractivity contribution in [2.75, 3.05) is 5.32 Å². The van der Waals surface area contributed by atoms with Gasteiger partial charge in [-0.2, -0.15) is 9.78 Å². The summed E-state index contributed by atoms with van der Waals surface area (Å²) in [5, 5.41) is 7.41. The number of amides is 1. The zero-order valence-electron chi connectivity index (χ0n) is 16.6. The zero-order valence-corrected chi connectivity index (χ0v) is 17.3. The summed E-state index contributed by atoms with van der Waals surface area (Å²) in [4.78, 5) is 25.1. The highest BCUT2D eigenvalue weighted by Gasteiger charge is 2.14. The highest BCUT2D eigenvalue weighted by Crippen LogP contribution is 2.32. The lowest BCUT2D eigenvalue weighted by Gasteiger charge is -2.13. The van der Waals surface area contributed by atoms with E-state index < -0.39 is 5.91 Å². The topological polar surface area (TPSA) is 73.2 Å². The fourth-order valence-electron chi connectivity index (χ4n) is 2.89. The minimum absolute atomic E-state index is 0.0738. The molecule has 1 amide bonds. The second-order valence-corrected chi connectivity index (χ2v) is 7.25. The third-order valence-corrected chi connectivity index (χ3v) is 4.71. The molecule has 1 N–H and O–H groups in total. The van der Waals surface area contributed by atoms with Gasteiger partial charge in [0.2, 0.25) is 0 Å². The fraction of sp³-hybridized carbons (Fsp3) is 0.0417. The summed E-state index contributed by atoms with van der Waals surface area (Å²) in [6, 6.07) is 24.1. The molecule has 0 aliphatic carbocycles. The van der Waals surface area contributed by atoms with Crippen LogP contribution in [0.3, 0.4) is 0 Å². The molecule has 6 nitrogen and oxygen atoms in total. The Morgan fingerprint density at radius 1 is 0.968 bits per heavy atom. The van der Waals surface area contributed by atoms with Crippen LogP contribution in [0.2, 0.25) is 5.02 Å². The molecule has 0 fully saturated rings. The fourth-order valence-corrected chi connectivity index (χ4v) is 3.07. The van der Waals surface area contributed by atoms with Crippen LogP contribution in [-0.4, -0.2) is 15.7 Å². The molecule has 31 heavy (non-hydrogen) atoms. The molecule has 0 aliphatic heterocycles. The van der Waals surface area contributed by atoms with Crippen molar-refractivity contribution >= 4 is 23.2 Å². The van der Waals surface area contributed by atoms with Crippen LogP contribution in [0, 0.1) is 6.92 Å². The van der Waals surface area contributed by atoms with Crippen molar-refractivity contribution < 1.29 is 9.53 Å². The summed E-state index contributed by atoms with van der Waals surface area (Å²) in [5.74, 6) is 0.554. The smallest absolute Gasteiger partial charge is 0.276 e. The monoisotopic (exact) mass is 431 g/mol. The number of aromatic nitrogens is 2. The quantitative estimate of drug-likeness (QED) is 0.469. The van der Waals surface area contributed by atoms with E-state index in [9.17, 15) is 9.59 Å². The molecule has 4 rings (SSSR count). The van der Waals surface area contributed by atoms with E-state index in [-0.39, 0.29) is 11.3 Å². The first-order chi connectivity index (χ1) is 15.0. The number of rotatable bonds is 5. The van der Waals surface area contributed by atoms with Gasteiger partial charge in [0.1, 0.15) is 11.4 Å². The summed E-state index contributed by atoms with van der Waals surface area (Å²) < 4.78 is 7.10. The van der Waals surface area contributed by atoms with Gasteiger partial charge in [-0.3, -0.25) is 9.59 Å². The first-order valence-electron chi connectivity index (χ1n) is 9.51. The minimum atomic E-state index is -0.499. The Morgan fingerprint density at radius 2 is 1.71 bits per heavy atom. The summed E-state index contributed by atoms with van der Waals surface area (Å²) in [6.45, 7) is 1.99. The Hall–Kier alpha value is -3.90. The minimum Gasteiger partial charge on any atom is -0.455 e. The van der Waals surface area contributed by atoms with E-state index in [1.54, 1.807) is 42.5 Å². The third kappa shape index (κ3) is 4.82. The van der Waals surface area contributed by atoms with E-state index in [2.05, 4.69) is 10.4 Å². The van der Waals surface area contributed by atoms with E-state index >= 15 is 0 Å². The van der Waals surface area contributed by atoms with Crippen LogP contribution in [0.4, 0.5) is 5.69 Å². The maximum Gasteiger partial charge on any atom is 0.276 e. The number of hydrogen-bond donors (Lipinski definition) is 1. The Kier molecular flexibility index (Phi) is 5.82. The van der Waals surface area contributed by atoms with Gasteiger partial charge in [-0.15, -0.1) is 0 Å². The van der Waals surface area contributed by atoms with E-state index in [4.69, 9.17) is 16.3 Å². The number of nitrogens with zero attached hydrogens (tertiary/aromatic N) is 2.